The molecule has 0 aromatic heterocycles. The normalized spacial score (nSPS) is 18.2. The number of hydrogen-bond donors (Lipinski definition) is 4. The van der Waals surface area contributed by atoms with Crippen molar-refractivity contribution < 1.29 is 32.2 Å². The number of hydrogen-bond acceptors (Lipinski definition) is 9. The van der Waals surface area contributed by atoms with Crippen molar-refractivity contribution in [3.63, 3.8) is 0 Å². The van der Waals surface area contributed by atoms with Gasteiger partial charge in [-0.05, 0) is 75.8 Å². The number of nitrogens with one attached hydrogen (secondary N) is 3. The zero-order valence-electron chi connectivity index (χ0n) is 25.8. The molecule has 0 saturated carbocycles. The molecule has 1 amide bonds. The largest absolute Gasteiger partial charge is 0.463 e. The number of amides is 1. The number of para-hydroxylation sites is 1. The van der Waals surface area contributed by atoms with Gasteiger partial charge < -0.3 is 30.7 Å². The van der Waals surface area contributed by atoms with E-state index in [1.807, 2.05) is 17.2 Å². The molecule has 2 aromatic rings. The van der Waals surface area contributed by atoms with Crippen molar-refractivity contribution in [1.82, 2.24) is 14.9 Å². The van der Waals surface area contributed by atoms with E-state index >= 15 is 0 Å². The topological polar surface area (TPSA) is 118 Å². The zero-order chi connectivity index (χ0) is 32.8. The van der Waals surface area contributed by atoms with Crippen molar-refractivity contribution in [3.8, 4) is 0 Å². The molecular formula is C32H40F3N5O4S. The number of piperidine rings is 1. The molecule has 244 valence electrons. The van der Waals surface area contributed by atoms with Gasteiger partial charge in [-0.15, -0.1) is 0 Å². The number of allylic oxidation sites excluding steroid dienone is 1. The van der Waals surface area contributed by atoms with E-state index in [1.165, 1.54) is 12.1 Å². The molecule has 45 heavy (non-hydrogen) atoms. The third-order valence-electron chi connectivity index (χ3n) is 7.65. The van der Waals surface area contributed by atoms with Gasteiger partial charge in [0.1, 0.15) is 12.9 Å². The predicted molar refractivity (Wildman–Crippen MR) is 169 cm³/mol. The Morgan fingerprint density at radius 2 is 1.84 bits per heavy atom. The summed E-state index contributed by atoms with van der Waals surface area (Å²) < 4.78 is 55.1. The summed E-state index contributed by atoms with van der Waals surface area (Å²) in [6.07, 6.45) is 2.14. The standard InChI is InChI=1S/C32H40F3N5O4S/c1-5-31(20-44-28(41)30(2,3)4,22-11-9-12-23(18-22)32(33,34)35)39-45-29(42)38-24-14-8-10-21(26(24)36)19-40-16-17-43-27(40)25-13-6-7-15-37-25/h8-12,14,16-18,37,39H,5-7,13,15,19-20,36H2,1-4H3,(H,38,42)/b27-25-. The van der Waals surface area contributed by atoms with Gasteiger partial charge in [-0.25, -0.2) is 4.72 Å². The number of nitrogens with two attached hydrogens (primary N) is 1. The number of rotatable bonds is 9. The lowest BCUT2D eigenvalue weighted by atomic mass is 9.87. The van der Waals surface area contributed by atoms with E-state index in [2.05, 4.69) is 15.4 Å². The minimum atomic E-state index is -4.58. The molecule has 0 bridgehead atoms. The summed E-state index contributed by atoms with van der Waals surface area (Å²) in [6.45, 7) is 7.78. The van der Waals surface area contributed by atoms with Gasteiger partial charge >= 0.3 is 12.1 Å². The smallest absolute Gasteiger partial charge is 0.416 e. The van der Waals surface area contributed by atoms with Crippen LogP contribution in [0.5, 0.6) is 0 Å². The lowest BCUT2D eigenvalue weighted by Crippen LogP contribution is -2.45. The first-order chi connectivity index (χ1) is 21.2. The summed E-state index contributed by atoms with van der Waals surface area (Å²) in [5.74, 6) is 0.199. The van der Waals surface area contributed by atoms with Crippen LogP contribution in [0.4, 0.5) is 29.3 Å². The van der Waals surface area contributed by atoms with Crippen molar-refractivity contribution in [1.29, 1.82) is 0 Å². The molecule has 1 fully saturated rings. The minimum Gasteiger partial charge on any atom is -0.463 e. The van der Waals surface area contributed by atoms with Crippen molar-refractivity contribution in [3.05, 3.63) is 83.2 Å². The first-order valence-corrected chi connectivity index (χ1v) is 15.6. The number of benzene rings is 2. The van der Waals surface area contributed by atoms with Crippen molar-refractivity contribution >= 4 is 34.5 Å². The number of anilines is 2. The van der Waals surface area contributed by atoms with Crippen LogP contribution < -0.4 is 21.1 Å². The van der Waals surface area contributed by atoms with E-state index in [0.717, 1.165) is 55.1 Å². The van der Waals surface area contributed by atoms with Crippen LogP contribution in [0.25, 0.3) is 0 Å². The second-order valence-corrected chi connectivity index (χ2v) is 12.8. The predicted octanol–water partition coefficient (Wildman–Crippen LogP) is 7.20. The van der Waals surface area contributed by atoms with Crippen LogP contribution >= 0.6 is 11.9 Å². The van der Waals surface area contributed by atoms with Gasteiger partial charge in [0.25, 0.3) is 5.24 Å². The van der Waals surface area contributed by atoms with Gasteiger partial charge in [-0.3, -0.25) is 9.59 Å². The Morgan fingerprint density at radius 3 is 2.51 bits per heavy atom. The molecule has 2 heterocycles. The number of esters is 1. The Labute approximate surface area is 265 Å². The molecule has 0 spiro atoms. The molecule has 4 rings (SSSR count). The number of ether oxygens (including phenoxy) is 2. The summed E-state index contributed by atoms with van der Waals surface area (Å²) in [5, 5.41) is 5.62. The molecule has 5 N–H and O–H groups in total. The zero-order valence-corrected chi connectivity index (χ0v) is 26.7. The number of halogens is 3. The van der Waals surface area contributed by atoms with E-state index in [-0.39, 0.29) is 18.6 Å². The Balaban J connectivity index is 1.51. The molecule has 13 heteroatoms. The molecule has 2 aliphatic heterocycles. The lowest BCUT2D eigenvalue weighted by molar-refractivity contribution is -0.155. The fraction of sp³-hybridized carbons (Fsp3) is 0.438. The molecule has 1 unspecified atom stereocenters. The van der Waals surface area contributed by atoms with E-state index in [0.29, 0.717) is 29.9 Å². The summed E-state index contributed by atoms with van der Waals surface area (Å²) in [6, 6.07) is 10.1. The first-order valence-electron chi connectivity index (χ1n) is 14.8. The first kappa shape index (κ1) is 34.0. The minimum absolute atomic E-state index is 0.210. The Hall–Kier alpha value is -3.84. The highest BCUT2D eigenvalue weighted by molar-refractivity contribution is 8.12. The highest BCUT2D eigenvalue weighted by Gasteiger charge is 2.38. The van der Waals surface area contributed by atoms with Crippen LogP contribution in [0.1, 0.15) is 70.1 Å². The maximum atomic E-state index is 13.6. The van der Waals surface area contributed by atoms with Crippen LogP contribution in [-0.4, -0.2) is 29.3 Å². The number of nitrogen functional groups attached to an aromatic ring is 1. The van der Waals surface area contributed by atoms with Gasteiger partial charge in [0.05, 0.1) is 40.1 Å². The molecule has 0 radical (unpaired) electrons. The van der Waals surface area contributed by atoms with Crippen molar-refractivity contribution in [2.45, 2.75) is 71.6 Å². The molecule has 0 aliphatic carbocycles. The fourth-order valence-electron chi connectivity index (χ4n) is 4.88. The van der Waals surface area contributed by atoms with Gasteiger partial charge in [0.2, 0.25) is 5.88 Å². The Morgan fingerprint density at radius 1 is 1.11 bits per heavy atom. The second-order valence-electron chi connectivity index (χ2n) is 12.0. The van der Waals surface area contributed by atoms with Crippen LogP contribution in [0.3, 0.4) is 0 Å². The van der Waals surface area contributed by atoms with Crippen LogP contribution in [-0.2, 0) is 32.5 Å². The third-order valence-corrected chi connectivity index (χ3v) is 8.43. The van der Waals surface area contributed by atoms with Crippen LogP contribution in [0.2, 0.25) is 0 Å². The van der Waals surface area contributed by atoms with Gasteiger partial charge in [0, 0.05) is 24.7 Å². The third kappa shape index (κ3) is 8.46. The van der Waals surface area contributed by atoms with Crippen molar-refractivity contribution in [2.24, 2.45) is 5.41 Å². The maximum Gasteiger partial charge on any atom is 0.416 e. The van der Waals surface area contributed by atoms with E-state index in [9.17, 15) is 22.8 Å². The average Bonchev–Trinajstić information content (AvgIpc) is 3.47. The number of carbonyl (C=O) groups is 2. The maximum absolute atomic E-state index is 13.6. The van der Waals surface area contributed by atoms with Crippen molar-refractivity contribution in [2.75, 3.05) is 24.2 Å². The number of carbonyl (C=O) groups excluding carboxylic acids is 2. The molecule has 9 nitrogen and oxygen atoms in total. The molecular weight excluding hydrogens is 607 g/mol. The second kappa shape index (κ2) is 14.1. The SMILES string of the molecule is CCC(COC(=O)C(C)(C)C)(NSC(=O)Nc1cccc(CN2C=CO/C2=C2/CCCCN2)c1N)c1cccc(C(F)(F)F)c1. The van der Waals surface area contributed by atoms with Gasteiger partial charge in [-0.2, -0.15) is 13.2 Å². The molecule has 2 aromatic carbocycles. The highest BCUT2D eigenvalue weighted by atomic mass is 32.2. The summed E-state index contributed by atoms with van der Waals surface area (Å²) in [7, 11) is 0. The monoisotopic (exact) mass is 647 g/mol. The van der Waals surface area contributed by atoms with Crippen LogP contribution in [0, 0.1) is 5.41 Å². The van der Waals surface area contributed by atoms with E-state index < -0.39 is 33.9 Å². The highest BCUT2D eigenvalue weighted by Crippen LogP contribution is 2.36. The lowest BCUT2D eigenvalue weighted by Gasteiger charge is -2.34. The molecule has 1 saturated heterocycles. The number of alkyl halides is 3. The summed E-state index contributed by atoms with van der Waals surface area (Å²) >= 11 is 0.651. The molecule has 2 aliphatic rings. The van der Waals surface area contributed by atoms with Gasteiger partial charge in [0.15, 0.2) is 0 Å². The quantitative estimate of drug-likeness (QED) is 0.127. The molecule has 1 atom stereocenters. The summed E-state index contributed by atoms with van der Waals surface area (Å²) in [4.78, 5) is 27.8. The average molecular weight is 648 g/mol. The fourth-order valence-corrected chi connectivity index (χ4v) is 5.65. The summed E-state index contributed by atoms with van der Waals surface area (Å²) in [5.41, 5.74) is 6.25. The van der Waals surface area contributed by atoms with Gasteiger partial charge in [-0.1, -0.05) is 31.2 Å². The number of nitrogens with zero attached hydrogens (tertiary/aromatic N) is 1. The Bertz CT molecular complexity index is 1450. The Kier molecular flexibility index (Phi) is 10.6. The van der Waals surface area contributed by atoms with E-state index in [4.69, 9.17) is 15.2 Å². The van der Waals surface area contributed by atoms with Crippen LogP contribution in [0.15, 0.2) is 66.5 Å². The van der Waals surface area contributed by atoms with E-state index in [1.54, 1.807) is 46.1 Å².